The van der Waals surface area contributed by atoms with Crippen LogP contribution in [0.5, 0.6) is 5.75 Å². The zero-order valence-electron chi connectivity index (χ0n) is 15.1. The number of methoxy groups -OCH3 is 1. The largest absolute Gasteiger partial charge is 0.497 e. The molecule has 0 fully saturated rings. The number of aromatic nitrogens is 1. The van der Waals surface area contributed by atoms with E-state index in [1.165, 1.54) is 5.56 Å². The Labute approximate surface area is 154 Å². The highest BCUT2D eigenvalue weighted by atomic mass is 16.5. The van der Waals surface area contributed by atoms with Gasteiger partial charge >= 0.3 is 0 Å². The molecule has 0 saturated carbocycles. The zero-order chi connectivity index (χ0) is 18.2. The molecular formula is C22H24N2O2. The molecule has 0 aliphatic heterocycles. The molecule has 0 aliphatic carbocycles. The standard InChI is InChI=1S/C22H24N2O2/c1-3-14-24(15-13-18-7-5-4-6-8-18)16-20-17-26-22(23-20)19-9-11-21(25-2)12-10-19/h3-12,17H,1,13-16H2,2H3. The van der Waals surface area contributed by atoms with Crippen molar-refractivity contribution in [1.29, 1.82) is 0 Å². The van der Waals surface area contributed by atoms with Crippen LogP contribution in [-0.2, 0) is 13.0 Å². The number of oxazole rings is 1. The number of hydrogen-bond acceptors (Lipinski definition) is 4. The third-order valence-corrected chi connectivity index (χ3v) is 4.22. The molecule has 0 unspecified atom stereocenters. The van der Waals surface area contributed by atoms with Crippen LogP contribution in [0.15, 0.2) is 77.9 Å². The first-order valence-corrected chi connectivity index (χ1v) is 8.74. The summed E-state index contributed by atoms with van der Waals surface area (Å²) in [6, 6.07) is 18.2. The van der Waals surface area contributed by atoms with E-state index < -0.39 is 0 Å². The maximum Gasteiger partial charge on any atom is 0.226 e. The Hall–Kier alpha value is -2.85. The fourth-order valence-electron chi connectivity index (χ4n) is 2.82. The normalized spacial score (nSPS) is 10.8. The quantitative estimate of drug-likeness (QED) is 0.531. The van der Waals surface area contributed by atoms with Crippen molar-refractivity contribution in [3.63, 3.8) is 0 Å². The fourth-order valence-corrected chi connectivity index (χ4v) is 2.82. The minimum atomic E-state index is 0.629. The highest BCUT2D eigenvalue weighted by Crippen LogP contribution is 2.22. The summed E-state index contributed by atoms with van der Waals surface area (Å²) in [6.07, 6.45) is 4.66. The molecule has 0 spiro atoms. The van der Waals surface area contributed by atoms with Crippen LogP contribution in [0, 0.1) is 0 Å². The van der Waals surface area contributed by atoms with Crippen molar-refractivity contribution in [3.8, 4) is 17.2 Å². The molecule has 0 bridgehead atoms. The number of hydrogen-bond donors (Lipinski definition) is 0. The SMILES string of the molecule is C=CCN(CCc1ccccc1)Cc1coc(-c2ccc(OC)cc2)n1. The Kier molecular flexibility index (Phi) is 6.23. The van der Waals surface area contributed by atoms with Crippen LogP contribution in [0.4, 0.5) is 0 Å². The molecular weight excluding hydrogens is 324 g/mol. The molecule has 0 aliphatic rings. The van der Waals surface area contributed by atoms with E-state index in [9.17, 15) is 0 Å². The average Bonchev–Trinajstić information content (AvgIpc) is 3.16. The van der Waals surface area contributed by atoms with Crippen molar-refractivity contribution < 1.29 is 9.15 Å². The molecule has 4 nitrogen and oxygen atoms in total. The first-order valence-electron chi connectivity index (χ1n) is 8.74. The summed E-state index contributed by atoms with van der Waals surface area (Å²) in [5, 5.41) is 0. The molecule has 3 rings (SSSR count). The summed E-state index contributed by atoms with van der Waals surface area (Å²) < 4.78 is 10.8. The Morgan fingerprint density at radius 2 is 1.88 bits per heavy atom. The molecule has 0 atom stereocenters. The van der Waals surface area contributed by atoms with Crippen LogP contribution in [0.2, 0.25) is 0 Å². The summed E-state index contributed by atoms with van der Waals surface area (Å²) in [4.78, 5) is 6.94. The summed E-state index contributed by atoms with van der Waals surface area (Å²) in [7, 11) is 1.65. The first-order chi connectivity index (χ1) is 12.8. The van der Waals surface area contributed by atoms with E-state index in [2.05, 4.69) is 40.7 Å². The van der Waals surface area contributed by atoms with Gasteiger partial charge < -0.3 is 9.15 Å². The van der Waals surface area contributed by atoms with Gasteiger partial charge in [0.2, 0.25) is 5.89 Å². The van der Waals surface area contributed by atoms with Crippen LogP contribution in [0.25, 0.3) is 11.5 Å². The summed E-state index contributed by atoms with van der Waals surface area (Å²) in [6.45, 7) is 6.37. The number of rotatable bonds is 9. The van der Waals surface area contributed by atoms with Crippen molar-refractivity contribution in [1.82, 2.24) is 9.88 Å². The van der Waals surface area contributed by atoms with Crippen LogP contribution in [0.3, 0.4) is 0 Å². The van der Waals surface area contributed by atoms with Crippen LogP contribution >= 0.6 is 0 Å². The lowest BCUT2D eigenvalue weighted by atomic mass is 10.1. The molecule has 3 aromatic rings. The Bertz CT molecular complexity index is 810. The fraction of sp³-hybridized carbons (Fsp3) is 0.227. The summed E-state index contributed by atoms with van der Waals surface area (Å²) in [5.74, 6) is 1.45. The second-order valence-corrected chi connectivity index (χ2v) is 6.13. The van der Waals surface area contributed by atoms with Gasteiger partial charge in [-0.05, 0) is 36.2 Å². The lowest BCUT2D eigenvalue weighted by Gasteiger charge is -2.19. The third kappa shape index (κ3) is 4.83. The van der Waals surface area contributed by atoms with Gasteiger partial charge in [-0.1, -0.05) is 36.4 Å². The minimum Gasteiger partial charge on any atom is -0.497 e. The smallest absolute Gasteiger partial charge is 0.226 e. The number of nitrogens with zero attached hydrogens (tertiary/aromatic N) is 2. The predicted molar refractivity (Wildman–Crippen MR) is 104 cm³/mol. The van der Waals surface area contributed by atoms with E-state index in [-0.39, 0.29) is 0 Å². The molecule has 1 aromatic heterocycles. The highest BCUT2D eigenvalue weighted by Gasteiger charge is 2.11. The molecule has 26 heavy (non-hydrogen) atoms. The zero-order valence-corrected chi connectivity index (χ0v) is 15.1. The molecule has 2 aromatic carbocycles. The summed E-state index contributed by atoms with van der Waals surface area (Å²) >= 11 is 0. The van der Waals surface area contributed by atoms with E-state index in [0.29, 0.717) is 5.89 Å². The second kappa shape index (κ2) is 9.02. The monoisotopic (exact) mass is 348 g/mol. The predicted octanol–water partition coefficient (Wildman–Crippen LogP) is 4.58. The Balaban J connectivity index is 1.63. The third-order valence-electron chi connectivity index (χ3n) is 4.22. The lowest BCUT2D eigenvalue weighted by Crippen LogP contribution is -2.26. The molecule has 0 N–H and O–H groups in total. The number of benzene rings is 2. The molecule has 0 radical (unpaired) electrons. The van der Waals surface area contributed by atoms with Crippen LogP contribution in [-0.4, -0.2) is 30.1 Å². The van der Waals surface area contributed by atoms with E-state index in [1.54, 1.807) is 13.4 Å². The van der Waals surface area contributed by atoms with Gasteiger partial charge in [-0.15, -0.1) is 6.58 Å². The molecule has 0 saturated heterocycles. The topological polar surface area (TPSA) is 38.5 Å². The second-order valence-electron chi connectivity index (χ2n) is 6.13. The van der Waals surface area contributed by atoms with Gasteiger partial charge in [-0.25, -0.2) is 4.98 Å². The van der Waals surface area contributed by atoms with Crippen LogP contribution < -0.4 is 4.74 Å². The maximum absolute atomic E-state index is 5.66. The van der Waals surface area contributed by atoms with E-state index in [1.807, 2.05) is 36.4 Å². The van der Waals surface area contributed by atoms with E-state index in [4.69, 9.17) is 9.15 Å². The molecule has 1 heterocycles. The Morgan fingerprint density at radius 1 is 1.12 bits per heavy atom. The van der Waals surface area contributed by atoms with Crippen molar-refractivity contribution in [2.45, 2.75) is 13.0 Å². The van der Waals surface area contributed by atoms with Crippen LogP contribution in [0.1, 0.15) is 11.3 Å². The van der Waals surface area contributed by atoms with Crippen molar-refractivity contribution in [2.24, 2.45) is 0 Å². The first kappa shape index (κ1) is 18.0. The van der Waals surface area contributed by atoms with Crippen molar-refractivity contribution in [3.05, 3.63) is 84.8 Å². The van der Waals surface area contributed by atoms with Gasteiger partial charge in [0, 0.05) is 25.2 Å². The van der Waals surface area contributed by atoms with E-state index in [0.717, 1.165) is 43.1 Å². The number of ether oxygens (including phenoxy) is 1. The van der Waals surface area contributed by atoms with Crippen molar-refractivity contribution >= 4 is 0 Å². The van der Waals surface area contributed by atoms with Gasteiger partial charge in [0.25, 0.3) is 0 Å². The summed E-state index contributed by atoms with van der Waals surface area (Å²) in [5.41, 5.74) is 3.20. The maximum atomic E-state index is 5.66. The van der Waals surface area contributed by atoms with Gasteiger partial charge in [0.1, 0.15) is 12.0 Å². The minimum absolute atomic E-state index is 0.629. The highest BCUT2D eigenvalue weighted by molar-refractivity contribution is 5.54. The Morgan fingerprint density at radius 3 is 2.58 bits per heavy atom. The molecule has 4 heteroatoms. The molecule has 134 valence electrons. The van der Waals surface area contributed by atoms with Gasteiger partial charge in [-0.3, -0.25) is 4.90 Å². The van der Waals surface area contributed by atoms with Crippen molar-refractivity contribution in [2.75, 3.05) is 20.2 Å². The van der Waals surface area contributed by atoms with E-state index >= 15 is 0 Å². The lowest BCUT2D eigenvalue weighted by molar-refractivity contribution is 0.294. The van der Waals surface area contributed by atoms with Gasteiger partial charge in [-0.2, -0.15) is 0 Å². The average molecular weight is 348 g/mol. The van der Waals surface area contributed by atoms with Gasteiger partial charge in [0.05, 0.1) is 12.8 Å². The van der Waals surface area contributed by atoms with Gasteiger partial charge in [0.15, 0.2) is 0 Å². The molecule has 0 amide bonds.